The molecule has 0 spiro atoms. The highest BCUT2D eigenvalue weighted by atomic mass is 19.3. The van der Waals surface area contributed by atoms with E-state index in [-0.39, 0.29) is 23.7 Å². The Kier molecular flexibility index (Phi) is 7.77. The van der Waals surface area contributed by atoms with Gasteiger partial charge in [-0.05, 0) is 24.5 Å². The lowest BCUT2D eigenvalue weighted by Gasteiger charge is -2.17. The molecule has 0 heterocycles. The average Bonchev–Trinajstić information content (AvgIpc) is 2.51. The summed E-state index contributed by atoms with van der Waals surface area (Å²) in [5.41, 5.74) is -0.160. The van der Waals surface area contributed by atoms with Crippen molar-refractivity contribution in [3.05, 3.63) is 29.8 Å². The third-order valence-electron chi connectivity index (χ3n) is 3.10. The molecule has 2 amide bonds. The number of amides is 2. The van der Waals surface area contributed by atoms with Crippen molar-refractivity contribution < 1.29 is 33.0 Å². The summed E-state index contributed by atoms with van der Waals surface area (Å²) in [7, 11) is 0. The maximum absolute atomic E-state index is 12.3. The van der Waals surface area contributed by atoms with Gasteiger partial charge < -0.3 is 20.5 Å². The van der Waals surface area contributed by atoms with Gasteiger partial charge in [-0.25, -0.2) is 4.79 Å². The normalized spacial score (nSPS) is 11.9. The molecule has 0 aliphatic carbocycles. The molecule has 1 atom stereocenters. The van der Waals surface area contributed by atoms with Crippen LogP contribution >= 0.6 is 0 Å². The zero-order chi connectivity index (χ0) is 19.0. The van der Waals surface area contributed by atoms with Gasteiger partial charge in [-0.3, -0.25) is 9.59 Å². The molecular formula is C16H20F2N2O5. The van der Waals surface area contributed by atoms with Crippen molar-refractivity contribution in [2.45, 2.75) is 32.9 Å². The Labute approximate surface area is 143 Å². The highest BCUT2D eigenvalue weighted by molar-refractivity contribution is 5.99. The Morgan fingerprint density at radius 1 is 1.20 bits per heavy atom. The quantitative estimate of drug-likeness (QED) is 0.622. The molecule has 25 heavy (non-hydrogen) atoms. The second-order valence-corrected chi connectivity index (χ2v) is 5.65. The molecule has 3 N–H and O–H groups in total. The Hall–Kier alpha value is -2.71. The third-order valence-corrected chi connectivity index (χ3v) is 3.10. The fourth-order valence-corrected chi connectivity index (χ4v) is 2.05. The van der Waals surface area contributed by atoms with Crippen LogP contribution in [0.15, 0.2) is 24.3 Å². The van der Waals surface area contributed by atoms with Crippen LogP contribution in [0.25, 0.3) is 0 Å². The summed E-state index contributed by atoms with van der Waals surface area (Å²) in [4.78, 5) is 34.9. The highest BCUT2D eigenvalue weighted by Gasteiger charge is 2.22. The van der Waals surface area contributed by atoms with Crippen molar-refractivity contribution in [3.63, 3.8) is 0 Å². The van der Waals surface area contributed by atoms with Crippen molar-refractivity contribution in [1.82, 2.24) is 10.6 Å². The molecule has 7 nitrogen and oxygen atoms in total. The molecule has 1 aromatic rings. The molecule has 0 radical (unpaired) electrons. The molecule has 1 aromatic carbocycles. The molecule has 138 valence electrons. The Morgan fingerprint density at radius 3 is 2.40 bits per heavy atom. The van der Waals surface area contributed by atoms with Crippen LogP contribution in [-0.4, -0.2) is 42.1 Å². The predicted molar refractivity (Wildman–Crippen MR) is 84.4 cm³/mol. The van der Waals surface area contributed by atoms with Crippen molar-refractivity contribution >= 4 is 17.8 Å². The van der Waals surface area contributed by atoms with Crippen molar-refractivity contribution in [2.75, 3.05) is 6.54 Å². The summed E-state index contributed by atoms with van der Waals surface area (Å²) in [6, 6.07) is 4.27. The first-order chi connectivity index (χ1) is 11.7. The Morgan fingerprint density at radius 2 is 1.84 bits per heavy atom. The lowest BCUT2D eigenvalue weighted by molar-refractivity contribution is -0.142. The van der Waals surface area contributed by atoms with E-state index >= 15 is 0 Å². The van der Waals surface area contributed by atoms with Crippen molar-refractivity contribution in [3.8, 4) is 5.75 Å². The van der Waals surface area contributed by atoms with E-state index in [0.717, 1.165) is 0 Å². The van der Waals surface area contributed by atoms with Crippen LogP contribution in [0, 0.1) is 5.92 Å². The number of aliphatic carboxylic acids is 1. The molecule has 0 aliphatic heterocycles. The smallest absolute Gasteiger partial charge is 0.387 e. The van der Waals surface area contributed by atoms with Crippen molar-refractivity contribution in [2.24, 2.45) is 5.92 Å². The van der Waals surface area contributed by atoms with Gasteiger partial charge in [-0.15, -0.1) is 0 Å². The van der Waals surface area contributed by atoms with Crippen LogP contribution in [0.2, 0.25) is 0 Å². The highest BCUT2D eigenvalue weighted by Crippen LogP contribution is 2.19. The summed E-state index contributed by atoms with van der Waals surface area (Å²) in [6.45, 7) is 0.0294. The molecule has 0 fully saturated rings. The standard InChI is InChI=1S/C16H20F2N2O5/c1-9(2)7-11(15(23)24)20-13(21)8-19-14(22)10-5-3-4-6-12(10)25-16(17)18/h3-6,9,11,16H,7-8H2,1-2H3,(H,19,22)(H,20,21)(H,23,24)/t11-/m1/s1. The zero-order valence-corrected chi connectivity index (χ0v) is 13.8. The van der Waals surface area contributed by atoms with Crippen LogP contribution in [0.5, 0.6) is 5.75 Å². The number of hydrogen-bond donors (Lipinski definition) is 3. The first-order valence-electron chi connectivity index (χ1n) is 7.55. The number of ether oxygens (including phenoxy) is 1. The molecule has 0 unspecified atom stereocenters. The summed E-state index contributed by atoms with van der Waals surface area (Å²) in [6.07, 6.45) is 0.236. The van der Waals surface area contributed by atoms with E-state index in [4.69, 9.17) is 5.11 Å². The number of carboxylic acids is 1. The van der Waals surface area contributed by atoms with E-state index in [0.29, 0.717) is 0 Å². The van der Waals surface area contributed by atoms with Crippen LogP contribution < -0.4 is 15.4 Å². The molecule has 9 heteroatoms. The van der Waals surface area contributed by atoms with Crippen LogP contribution in [0.3, 0.4) is 0 Å². The minimum Gasteiger partial charge on any atom is -0.480 e. The second-order valence-electron chi connectivity index (χ2n) is 5.65. The number of carbonyl (C=O) groups excluding carboxylic acids is 2. The molecule has 1 rings (SSSR count). The number of alkyl halides is 2. The number of rotatable bonds is 9. The molecular weight excluding hydrogens is 338 g/mol. The average molecular weight is 358 g/mol. The first kappa shape index (κ1) is 20.3. The summed E-state index contributed by atoms with van der Waals surface area (Å²) in [5, 5.41) is 13.6. The third kappa shape index (κ3) is 7.15. The number of carbonyl (C=O) groups is 3. The fraction of sp³-hybridized carbons (Fsp3) is 0.438. The lowest BCUT2D eigenvalue weighted by Crippen LogP contribution is -2.46. The van der Waals surface area contributed by atoms with E-state index in [1.54, 1.807) is 0 Å². The molecule has 0 bridgehead atoms. The molecule has 0 aromatic heterocycles. The monoisotopic (exact) mass is 358 g/mol. The van der Waals surface area contributed by atoms with E-state index < -0.39 is 37.0 Å². The molecule has 0 aliphatic rings. The zero-order valence-electron chi connectivity index (χ0n) is 13.8. The van der Waals surface area contributed by atoms with E-state index in [1.165, 1.54) is 24.3 Å². The second kappa shape index (κ2) is 9.55. The lowest BCUT2D eigenvalue weighted by atomic mass is 10.0. The number of nitrogens with one attached hydrogen (secondary N) is 2. The number of benzene rings is 1. The SMILES string of the molecule is CC(C)C[C@@H](NC(=O)CNC(=O)c1ccccc1OC(F)F)C(=O)O. The van der Waals surface area contributed by atoms with Gasteiger partial charge in [0.15, 0.2) is 0 Å². The predicted octanol–water partition coefficient (Wildman–Crippen LogP) is 1.63. The topological polar surface area (TPSA) is 105 Å². The van der Waals surface area contributed by atoms with Gasteiger partial charge in [0.1, 0.15) is 11.8 Å². The number of para-hydroxylation sites is 1. The summed E-state index contributed by atoms with van der Waals surface area (Å²) < 4.78 is 28.9. The van der Waals surface area contributed by atoms with E-state index in [9.17, 15) is 23.2 Å². The number of hydrogen-bond acceptors (Lipinski definition) is 4. The van der Waals surface area contributed by atoms with Gasteiger partial charge in [0.25, 0.3) is 5.91 Å². The van der Waals surface area contributed by atoms with Crippen LogP contribution in [-0.2, 0) is 9.59 Å². The number of halogens is 2. The summed E-state index contributed by atoms with van der Waals surface area (Å²) >= 11 is 0. The fourth-order valence-electron chi connectivity index (χ4n) is 2.05. The van der Waals surface area contributed by atoms with Gasteiger partial charge in [0.2, 0.25) is 5.91 Å². The van der Waals surface area contributed by atoms with Gasteiger partial charge in [0, 0.05) is 0 Å². The maximum atomic E-state index is 12.3. The molecule has 0 saturated carbocycles. The minimum atomic E-state index is -3.09. The van der Waals surface area contributed by atoms with E-state index in [1.807, 2.05) is 13.8 Å². The van der Waals surface area contributed by atoms with Gasteiger partial charge in [-0.2, -0.15) is 8.78 Å². The number of carboxylic acid groups (broad SMARTS) is 1. The first-order valence-corrected chi connectivity index (χ1v) is 7.55. The van der Waals surface area contributed by atoms with Crippen LogP contribution in [0.1, 0.15) is 30.6 Å². The van der Waals surface area contributed by atoms with Gasteiger partial charge in [-0.1, -0.05) is 26.0 Å². The summed E-state index contributed by atoms with van der Waals surface area (Å²) in [5.74, 6) is -2.94. The largest absolute Gasteiger partial charge is 0.480 e. The Bertz CT molecular complexity index is 622. The minimum absolute atomic E-state index is 0.0503. The van der Waals surface area contributed by atoms with Gasteiger partial charge in [0.05, 0.1) is 12.1 Å². The molecule has 0 saturated heterocycles. The van der Waals surface area contributed by atoms with Gasteiger partial charge >= 0.3 is 12.6 Å². The Balaban J connectivity index is 2.64. The maximum Gasteiger partial charge on any atom is 0.387 e. The van der Waals surface area contributed by atoms with E-state index in [2.05, 4.69) is 15.4 Å². The van der Waals surface area contributed by atoms with Crippen molar-refractivity contribution in [1.29, 1.82) is 0 Å². The van der Waals surface area contributed by atoms with Crippen LogP contribution in [0.4, 0.5) is 8.78 Å².